The number of nitrogens with two attached hydrogens (primary N) is 1. The third-order valence-corrected chi connectivity index (χ3v) is 1.24. The molecule has 4 nitrogen and oxygen atoms in total. The van der Waals surface area contributed by atoms with Gasteiger partial charge in [-0.15, -0.1) is 0 Å². The van der Waals surface area contributed by atoms with Crippen LogP contribution in [0, 0.1) is 0 Å². The molecule has 1 aromatic heterocycles. The minimum Gasteiger partial charge on any atom is -0.405 e. The predicted octanol–water partition coefficient (Wildman–Crippen LogP) is 0.301. The molecule has 1 rings (SSSR count). The smallest absolute Gasteiger partial charge is 0.155 e. The van der Waals surface area contributed by atoms with Crippen LogP contribution in [0.15, 0.2) is 29.7 Å². The summed E-state index contributed by atoms with van der Waals surface area (Å²) in [6.45, 7) is 0. The lowest BCUT2D eigenvalue weighted by Crippen LogP contribution is -2.00. The number of hydrogen-bond donors (Lipinski definition) is 2. The lowest BCUT2D eigenvalue weighted by Gasteiger charge is -1.92. The lowest BCUT2D eigenvalue weighted by molar-refractivity contribution is 1.24. The fraction of sp³-hybridized carbons (Fsp3) is 0.143. The molecule has 0 saturated carbocycles. The highest BCUT2D eigenvalue weighted by atomic mass is 14.9. The van der Waals surface area contributed by atoms with Crippen molar-refractivity contribution in [3.63, 3.8) is 0 Å². The van der Waals surface area contributed by atoms with E-state index in [0.29, 0.717) is 0 Å². The van der Waals surface area contributed by atoms with E-state index in [9.17, 15) is 0 Å². The average molecular weight is 150 g/mol. The Bertz CT molecular complexity index is 258. The normalized spacial score (nSPS) is 12.6. The summed E-state index contributed by atoms with van der Waals surface area (Å²) in [6.07, 6.45) is 6.54. The Labute approximate surface area is 64.9 Å². The van der Waals surface area contributed by atoms with Crippen LogP contribution in [0.4, 0.5) is 0 Å². The lowest BCUT2D eigenvalue weighted by atomic mass is 10.3. The molecule has 0 saturated heterocycles. The maximum absolute atomic E-state index is 5.21. The van der Waals surface area contributed by atoms with Crippen molar-refractivity contribution in [2.24, 2.45) is 10.7 Å². The standard InChI is InChI=1S/C7H10N4/c1-9-6(2-3-8)7-10-4-5-11-7/h2-5H,8H2,1H3,(H,10,11). The SMILES string of the molecule is CN=C(C=CN)c1ncc[nH]1. The molecule has 58 valence electrons. The van der Waals surface area contributed by atoms with Crippen molar-refractivity contribution in [1.82, 2.24) is 9.97 Å². The highest BCUT2D eigenvalue weighted by Gasteiger charge is 1.98. The van der Waals surface area contributed by atoms with Crippen LogP contribution in [0.5, 0.6) is 0 Å². The molecular weight excluding hydrogens is 140 g/mol. The van der Waals surface area contributed by atoms with Crippen molar-refractivity contribution in [2.75, 3.05) is 7.05 Å². The van der Waals surface area contributed by atoms with Gasteiger partial charge in [0.2, 0.25) is 0 Å². The van der Waals surface area contributed by atoms with Gasteiger partial charge in [0.25, 0.3) is 0 Å². The molecule has 0 bridgehead atoms. The first-order valence-electron chi connectivity index (χ1n) is 3.23. The molecule has 4 heteroatoms. The molecule has 1 heterocycles. The Morgan fingerprint density at radius 1 is 1.82 bits per heavy atom. The van der Waals surface area contributed by atoms with E-state index < -0.39 is 0 Å². The van der Waals surface area contributed by atoms with Crippen molar-refractivity contribution < 1.29 is 0 Å². The van der Waals surface area contributed by atoms with Gasteiger partial charge in [-0.05, 0) is 12.3 Å². The van der Waals surface area contributed by atoms with Crippen LogP contribution < -0.4 is 5.73 Å². The van der Waals surface area contributed by atoms with Gasteiger partial charge in [0.1, 0.15) is 5.71 Å². The third-order valence-electron chi connectivity index (χ3n) is 1.24. The number of allylic oxidation sites excluding steroid dienone is 1. The molecule has 11 heavy (non-hydrogen) atoms. The first-order chi connectivity index (χ1) is 5.38. The number of imidazole rings is 1. The fourth-order valence-electron chi connectivity index (χ4n) is 0.756. The number of nitrogens with zero attached hydrogens (tertiary/aromatic N) is 2. The van der Waals surface area contributed by atoms with Crippen LogP contribution in [-0.4, -0.2) is 22.7 Å². The van der Waals surface area contributed by atoms with Crippen LogP contribution in [0.1, 0.15) is 5.82 Å². The molecule has 0 spiro atoms. The molecule has 0 aliphatic carbocycles. The summed E-state index contributed by atoms with van der Waals surface area (Å²) < 4.78 is 0. The molecule has 3 N–H and O–H groups in total. The number of aromatic amines is 1. The number of nitrogens with one attached hydrogen (secondary N) is 1. The molecule has 0 aliphatic heterocycles. The summed E-state index contributed by atoms with van der Waals surface area (Å²) >= 11 is 0. The van der Waals surface area contributed by atoms with Crippen LogP contribution in [0.2, 0.25) is 0 Å². The average Bonchev–Trinajstić information content (AvgIpc) is 2.52. The van der Waals surface area contributed by atoms with E-state index in [1.54, 1.807) is 25.5 Å². The van der Waals surface area contributed by atoms with E-state index in [1.165, 1.54) is 6.20 Å². The second-order valence-electron chi connectivity index (χ2n) is 1.91. The maximum Gasteiger partial charge on any atom is 0.155 e. The number of aromatic nitrogens is 2. The molecule has 0 atom stereocenters. The van der Waals surface area contributed by atoms with E-state index in [-0.39, 0.29) is 0 Å². The zero-order chi connectivity index (χ0) is 8.10. The first kappa shape index (κ1) is 7.53. The van der Waals surface area contributed by atoms with Gasteiger partial charge in [0.05, 0.1) is 0 Å². The number of rotatable bonds is 2. The summed E-state index contributed by atoms with van der Waals surface area (Å²) in [5.74, 6) is 0.731. The topological polar surface area (TPSA) is 67.1 Å². The van der Waals surface area contributed by atoms with Crippen molar-refractivity contribution >= 4 is 5.71 Å². The first-order valence-corrected chi connectivity index (χ1v) is 3.23. The van der Waals surface area contributed by atoms with Crippen LogP contribution in [0.3, 0.4) is 0 Å². The molecule has 0 radical (unpaired) electrons. The summed E-state index contributed by atoms with van der Waals surface area (Å²) in [4.78, 5) is 10.9. The molecule has 0 unspecified atom stereocenters. The minimum atomic E-state index is 0.731. The van der Waals surface area contributed by atoms with E-state index in [1.807, 2.05) is 0 Å². The molecule has 1 aromatic rings. The van der Waals surface area contributed by atoms with E-state index in [2.05, 4.69) is 15.0 Å². The monoisotopic (exact) mass is 150 g/mol. The summed E-state index contributed by atoms with van der Waals surface area (Å²) in [7, 11) is 1.69. The zero-order valence-corrected chi connectivity index (χ0v) is 6.28. The molecule has 0 fully saturated rings. The molecule has 0 aromatic carbocycles. The van der Waals surface area contributed by atoms with Crippen LogP contribution >= 0.6 is 0 Å². The van der Waals surface area contributed by atoms with Gasteiger partial charge in [0, 0.05) is 19.4 Å². The second-order valence-corrected chi connectivity index (χ2v) is 1.91. The van der Waals surface area contributed by atoms with E-state index in [0.717, 1.165) is 11.5 Å². The molecule has 0 amide bonds. The van der Waals surface area contributed by atoms with E-state index >= 15 is 0 Å². The Morgan fingerprint density at radius 2 is 2.64 bits per heavy atom. The minimum absolute atomic E-state index is 0.731. The summed E-state index contributed by atoms with van der Waals surface area (Å²) in [5, 5.41) is 0. The Hall–Kier alpha value is -1.58. The van der Waals surface area contributed by atoms with Gasteiger partial charge >= 0.3 is 0 Å². The zero-order valence-electron chi connectivity index (χ0n) is 6.28. The van der Waals surface area contributed by atoms with Crippen molar-refractivity contribution in [3.8, 4) is 0 Å². The molecule has 0 aliphatic rings. The second kappa shape index (κ2) is 3.55. The van der Waals surface area contributed by atoms with Gasteiger partial charge in [0.15, 0.2) is 5.82 Å². The van der Waals surface area contributed by atoms with Crippen molar-refractivity contribution in [2.45, 2.75) is 0 Å². The van der Waals surface area contributed by atoms with Gasteiger partial charge < -0.3 is 10.7 Å². The highest BCUT2D eigenvalue weighted by Crippen LogP contribution is 1.92. The quantitative estimate of drug-likeness (QED) is 0.595. The van der Waals surface area contributed by atoms with E-state index in [4.69, 9.17) is 5.73 Å². The highest BCUT2D eigenvalue weighted by molar-refractivity contribution is 6.05. The van der Waals surface area contributed by atoms with Gasteiger partial charge in [-0.2, -0.15) is 0 Å². The Morgan fingerprint density at radius 3 is 3.09 bits per heavy atom. The largest absolute Gasteiger partial charge is 0.405 e. The summed E-state index contributed by atoms with van der Waals surface area (Å²) in [6, 6.07) is 0. The van der Waals surface area contributed by atoms with Crippen LogP contribution in [0.25, 0.3) is 0 Å². The van der Waals surface area contributed by atoms with Crippen LogP contribution in [-0.2, 0) is 0 Å². The third kappa shape index (κ3) is 1.67. The molecular formula is C7H10N4. The predicted molar refractivity (Wildman–Crippen MR) is 44.4 cm³/mol. The Kier molecular flexibility index (Phi) is 2.43. The van der Waals surface area contributed by atoms with Crippen molar-refractivity contribution in [1.29, 1.82) is 0 Å². The number of hydrogen-bond acceptors (Lipinski definition) is 3. The summed E-state index contributed by atoms with van der Waals surface area (Å²) in [5.41, 5.74) is 5.96. The fourth-order valence-corrected chi connectivity index (χ4v) is 0.756. The Balaban J connectivity index is 2.89. The van der Waals surface area contributed by atoms with Gasteiger partial charge in [-0.25, -0.2) is 4.98 Å². The van der Waals surface area contributed by atoms with Gasteiger partial charge in [-0.1, -0.05) is 0 Å². The van der Waals surface area contributed by atoms with Crippen molar-refractivity contribution in [3.05, 3.63) is 30.5 Å². The maximum atomic E-state index is 5.21. The number of H-pyrrole nitrogens is 1. The van der Waals surface area contributed by atoms with Gasteiger partial charge in [-0.3, -0.25) is 4.99 Å². The number of aliphatic imine (C=N–C) groups is 1.